The molecule has 0 atom stereocenters. The van der Waals surface area contributed by atoms with E-state index < -0.39 is 0 Å². The second kappa shape index (κ2) is 10.8. The first-order chi connectivity index (χ1) is 8.27. The van der Waals surface area contributed by atoms with Gasteiger partial charge in [0.25, 0.3) is 0 Å². The zero-order chi connectivity index (χ0) is 12.5. The van der Waals surface area contributed by atoms with Crippen LogP contribution in [0.1, 0.15) is 32.6 Å². The van der Waals surface area contributed by atoms with Crippen LogP contribution in [-0.2, 0) is 4.74 Å². The Kier molecular flexibility index (Phi) is 10.8. The van der Waals surface area contributed by atoms with Crippen LogP contribution in [0.2, 0.25) is 0 Å². The van der Waals surface area contributed by atoms with Gasteiger partial charge in [-0.15, -0.1) is 24.0 Å². The Balaban J connectivity index is 0.00000289. The zero-order valence-corrected chi connectivity index (χ0v) is 14.3. The average molecular weight is 369 g/mol. The van der Waals surface area contributed by atoms with Crippen LogP contribution in [0.4, 0.5) is 0 Å². The summed E-state index contributed by atoms with van der Waals surface area (Å²) in [4.78, 5) is 6.43. The molecular weight excluding hydrogens is 341 g/mol. The molecule has 4 nitrogen and oxygen atoms in total. The standard InChI is InChI=1S/C13H27N3O.HI/c1-4-5-9-16(3)13(14-2)15-8-10-17-11-12-6-7-12;/h12H,4-11H2,1-3H3,(H,14,15);1H. The third kappa shape index (κ3) is 8.13. The van der Waals surface area contributed by atoms with Crippen molar-refractivity contribution in [2.24, 2.45) is 10.9 Å². The molecule has 1 rings (SSSR count). The topological polar surface area (TPSA) is 36.9 Å². The molecule has 0 unspecified atom stereocenters. The van der Waals surface area contributed by atoms with Gasteiger partial charge in [-0.3, -0.25) is 4.99 Å². The van der Waals surface area contributed by atoms with E-state index in [-0.39, 0.29) is 24.0 Å². The summed E-state index contributed by atoms with van der Waals surface area (Å²) in [6, 6.07) is 0. The van der Waals surface area contributed by atoms with E-state index >= 15 is 0 Å². The fourth-order valence-corrected chi connectivity index (χ4v) is 1.66. The van der Waals surface area contributed by atoms with Gasteiger partial charge < -0.3 is 15.0 Å². The quantitative estimate of drug-likeness (QED) is 0.309. The Morgan fingerprint density at radius 2 is 2.17 bits per heavy atom. The van der Waals surface area contributed by atoms with E-state index in [1.807, 2.05) is 7.05 Å². The molecule has 0 aromatic carbocycles. The smallest absolute Gasteiger partial charge is 0.193 e. The molecule has 1 aliphatic carbocycles. The SMILES string of the molecule is CCCCN(C)C(=NC)NCCOCC1CC1.I. The van der Waals surface area contributed by atoms with Crippen LogP contribution >= 0.6 is 24.0 Å². The molecule has 0 aliphatic heterocycles. The maximum Gasteiger partial charge on any atom is 0.193 e. The van der Waals surface area contributed by atoms with Crippen molar-refractivity contribution in [3.05, 3.63) is 0 Å². The fourth-order valence-electron chi connectivity index (χ4n) is 1.66. The molecule has 0 spiro atoms. The van der Waals surface area contributed by atoms with Gasteiger partial charge in [-0.1, -0.05) is 13.3 Å². The molecule has 108 valence electrons. The summed E-state index contributed by atoms with van der Waals surface area (Å²) in [5.74, 6) is 1.81. The highest BCUT2D eigenvalue weighted by Gasteiger charge is 2.20. The van der Waals surface area contributed by atoms with Gasteiger partial charge >= 0.3 is 0 Å². The van der Waals surface area contributed by atoms with Crippen molar-refractivity contribution >= 4 is 29.9 Å². The van der Waals surface area contributed by atoms with Crippen LogP contribution in [0.5, 0.6) is 0 Å². The minimum absolute atomic E-state index is 0. The molecule has 0 amide bonds. The van der Waals surface area contributed by atoms with Crippen molar-refractivity contribution in [2.45, 2.75) is 32.6 Å². The Labute approximate surface area is 129 Å². The molecular formula is C13H28IN3O. The number of halogens is 1. The lowest BCUT2D eigenvalue weighted by Crippen LogP contribution is -2.40. The fraction of sp³-hybridized carbons (Fsp3) is 0.923. The van der Waals surface area contributed by atoms with Crippen LogP contribution in [0.3, 0.4) is 0 Å². The van der Waals surface area contributed by atoms with E-state index in [1.165, 1.54) is 25.7 Å². The van der Waals surface area contributed by atoms with Gasteiger partial charge in [-0.05, 0) is 25.2 Å². The Morgan fingerprint density at radius 1 is 1.44 bits per heavy atom. The van der Waals surface area contributed by atoms with E-state index in [4.69, 9.17) is 4.74 Å². The molecule has 0 radical (unpaired) electrons. The van der Waals surface area contributed by atoms with Crippen LogP contribution < -0.4 is 5.32 Å². The predicted molar refractivity (Wildman–Crippen MR) is 87.9 cm³/mol. The molecule has 0 aromatic heterocycles. The van der Waals surface area contributed by atoms with Crippen LogP contribution in [0, 0.1) is 5.92 Å². The van der Waals surface area contributed by atoms with Gasteiger partial charge in [0.15, 0.2) is 5.96 Å². The molecule has 1 fully saturated rings. The first kappa shape index (κ1) is 18.0. The number of aliphatic imine (C=N–C) groups is 1. The molecule has 18 heavy (non-hydrogen) atoms. The van der Waals surface area contributed by atoms with Gasteiger partial charge in [0.1, 0.15) is 0 Å². The van der Waals surface area contributed by atoms with Crippen LogP contribution in [0.25, 0.3) is 0 Å². The van der Waals surface area contributed by atoms with E-state index in [1.54, 1.807) is 0 Å². The molecule has 0 aromatic rings. The van der Waals surface area contributed by atoms with Gasteiger partial charge in [0.2, 0.25) is 0 Å². The first-order valence-corrected chi connectivity index (χ1v) is 6.77. The summed E-state index contributed by atoms with van der Waals surface area (Å²) in [6.07, 6.45) is 5.13. The summed E-state index contributed by atoms with van der Waals surface area (Å²) < 4.78 is 5.58. The largest absolute Gasteiger partial charge is 0.379 e. The maximum atomic E-state index is 5.58. The average Bonchev–Trinajstić information content (AvgIpc) is 3.14. The summed E-state index contributed by atoms with van der Waals surface area (Å²) in [7, 11) is 3.91. The highest BCUT2D eigenvalue weighted by molar-refractivity contribution is 14.0. The first-order valence-electron chi connectivity index (χ1n) is 6.77. The van der Waals surface area contributed by atoms with Crippen LogP contribution in [-0.4, -0.2) is 51.3 Å². The van der Waals surface area contributed by atoms with Gasteiger partial charge in [0, 0.05) is 33.8 Å². The summed E-state index contributed by atoms with van der Waals surface area (Å²) in [5, 5.41) is 3.32. The minimum atomic E-state index is 0. The highest BCUT2D eigenvalue weighted by Crippen LogP contribution is 2.28. The molecule has 0 heterocycles. The second-order valence-corrected chi connectivity index (χ2v) is 4.77. The molecule has 1 saturated carbocycles. The number of hydrogen-bond acceptors (Lipinski definition) is 2. The number of nitrogens with one attached hydrogen (secondary N) is 1. The van der Waals surface area contributed by atoms with Crippen molar-refractivity contribution in [3.8, 4) is 0 Å². The Morgan fingerprint density at radius 3 is 2.72 bits per heavy atom. The number of hydrogen-bond donors (Lipinski definition) is 1. The van der Waals surface area contributed by atoms with Crippen molar-refractivity contribution < 1.29 is 4.74 Å². The number of nitrogens with zero attached hydrogens (tertiary/aromatic N) is 2. The van der Waals surface area contributed by atoms with Gasteiger partial charge in [0.05, 0.1) is 6.61 Å². The number of unbranched alkanes of at least 4 members (excludes halogenated alkanes) is 1. The molecule has 1 N–H and O–H groups in total. The summed E-state index contributed by atoms with van der Waals surface area (Å²) in [5.41, 5.74) is 0. The number of ether oxygens (including phenoxy) is 1. The zero-order valence-electron chi connectivity index (χ0n) is 11.9. The van der Waals surface area contributed by atoms with E-state index in [0.717, 1.165) is 38.2 Å². The second-order valence-electron chi connectivity index (χ2n) is 4.77. The highest BCUT2D eigenvalue weighted by atomic mass is 127. The van der Waals surface area contributed by atoms with Crippen LogP contribution in [0.15, 0.2) is 4.99 Å². The predicted octanol–water partition coefficient (Wildman–Crippen LogP) is 2.34. The van der Waals surface area contributed by atoms with E-state index in [9.17, 15) is 0 Å². The number of guanidine groups is 1. The lowest BCUT2D eigenvalue weighted by Gasteiger charge is -2.21. The molecule has 0 saturated heterocycles. The van der Waals surface area contributed by atoms with Crippen molar-refractivity contribution in [3.63, 3.8) is 0 Å². The Hall–Kier alpha value is -0.0400. The maximum absolute atomic E-state index is 5.58. The van der Waals surface area contributed by atoms with Crippen molar-refractivity contribution in [1.29, 1.82) is 0 Å². The monoisotopic (exact) mass is 369 g/mol. The Bertz CT molecular complexity index is 232. The van der Waals surface area contributed by atoms with Crippen molar-refractivity contribution in [2.75, 3.05) is 40.4 Å². The molecule has 0 bridgehead atoms. The lowest BCUT2D eigenvalue weighted by atomic mass is 10.3. The summed E-state index contributed by atoms with van der Waals surface area (Å²) >= 11 is 0. The molecule has 5 heteroatoms. The lowest BCUT2D eigenvalue weighted by molar-refractivity contribution is 0.128. The third-order valence-electron chi connectivity index (χ3n) is 3.00. The van der Waals surface area contributed by atoms with E-state index in [2.05, 4.69) is 29.2 Å². The molecule has 1 aliphatic rings. The van der Waals surface area contributed by atoms with E-state index in [0.29, 0.717) is 0 Å². The normalized spacial score (nSPS) is 15.2. The van der Waals surface area contributed by atoms with Crippen molar-refractivity contribution in [1.82, 2.24) is 10.2 Å². The van der Waals surface area contributed by atoms with Gasteiger partial charge in [-0.2, -0.15) is 0 Å². The summed E-state index contributed by atoms with van der Waals surface area (Å²) in [6.45, 7) is 5.81. The number of rotatable bonds is 8. The van der Waals surface area contributed by atoms with Gasteiger partial charge in [-0.25, -0.2) is 0 Å². The third-order valence-corrected chi connectivity index (χ3v) is 3.00. The minimum Gasteiger partial charge on any atom is -0.379 e.